The quantitative estimate of drug-likeness (QED) is 0.191. The minimum atomic E-state index is -0.882. The number of nitrogens with zero attached hydrogens (tertiary/aromatic N) is 1. The fraction of sp³-hybridized carbons (Fsp3) is 0.680. The van der Waals surface area contributed by atoms with Crippen LogP contribution in [0.25, 0.3) is 0 Å². The summed E-state index contributed by atoms with van der Waals surface area (Å²) in [5.41, 5.74) is 0. The third-order valence-electron chi connectivity index (χ3n) is 5.37. The largest absolute Gasteiger partial charge is 0.394 e. The second-order valence-corrected chi connectivity index (χ2v) is 8.15. The van der Waals surface area contributed by atoms with Crippen LogP contribution in [0.15, 0.2) is 42.7 Å². The summed E-state index contributed by atoms with van der Waals surface area (Å²) in [6.45, 7) is 2.12. The summed E-state index contributed by atoms with van der Waals surface area (Å²) in [6, 6.07) is 4.90. The molecule has 0 saturated heterocycles. The van der Waals surface area contributed by atoms with Gasteiger partial charge in [-0.2, -0.15) is 4.57 Å². The van der Waals surface area contributed by atoms with Crippen molar-refractivity contribution in [2.24, 2.45) is 0 Å². The normalized spacial score (nSPS) is 13.4. The van der Waals surface area contributed by atoms with Crippen LogP contribution in [0.3, 0.4) is 0 Å². The number of carbonyl (C=O) groups excluding carboxylic acids is 1. The van der Waals surface area contributed by atoms with Gasteiger partial charge in [0.2, 0.25) is 6.54 Å². The highest BCUT2D eigenvalue weighted by Gasteiger charge is 2.20. The van der Waals surface area contributed by atoms with Crippen LogP contribution in [0.5, 0.6) is 0 Å². The van der Waals surface area contributed by atoms with Crippen molar-refractivity contribution in [1.82, 2.24) is 5.32 Å². The Labute approximate surface area is 183 Å². The molecular formula is C25H43N2O3+. The highest BCUT2D eigenvalue weighted by Crippen LogP contribution is 2.12. The zero-order valence-electron chi connectivity index (χ0n) is 18.8. The fourth-order valence-corrected chi connectivity index (χ4v) is 3.49. The molecule has 0 aromatic carbocycles. The van der Waals surface area contributed by atoms with Gasteiger partial charge in [-0.25, -0.2) is 0 Å². The molecule has 0 saturated carbocycles. The molecule has 0 aliphatic rings. The van der Waals surface area contributed by atoms with E-state index in [0.29, 0.717) is 0 Å². The summed E-state index contributed by atoms with van der Waals surface area (Å²) in [4.78, 5) is 12.1. The highest BCUT2D eigenvalue weighted by atomic mass is 16.3. The molecule has 0 bridgehead atoms. The van der Waals surface area contributed by atoms with Gasteiger partial charge in [-0.15, -0.1) is 0 Å². The summed E-state index contributed by atoms with van der Waals surface area (Å²) in [7, 11) is 0. The van der Waals surface area contributed by atoms with Crippen molar-refractivity contribution in [3.05, 3.63) is 42.7 Å². The smallest absolute Gasteiger partial charge is 0.286 e. The average molecular weight is 420 g/mol. The number of aliphatic hydroxyl groups excluding tert-OH is 2. The molecule has 0 spiro atoms. The van der Waals surface area contributed by atoms with Crippen LogP contribution in [0.1, 0.15) is 84.0 Å². The van der Waals surface area contributed by atoms with Crippen molar-refractivity contribution < 1.29 is 19.6 Å². The number of hydrogen-bond donors (Lipinski definition) is 3. The Kier molecular flexibility index (Phi) is 15.9. The van der Waals surface area contributed by atoms with E-state index in [1.54, 1.807) is 23.0 Å². The lowest BCUT2D eigenvalue weighted by atomic mass is 10.0. The maximum Gasteiger partial charge on any atom is 0.286 e. The third-order valence-corrected chi connectivity index (χ3v) is 5.37. The summed E-state index contributed by atoms with van der Waals surface area (Å²) < 4.78 is 1.75. The van der Waals surface area contributed by atoms with Gasteiger partial charge in [0, 0.05) is 12.1 Å². The molecule has 0 aliphatic carbocycles. The Morgan fingerprint density at radius 3 is 2.07 bits per heavy atom. The first kappa shape index (κ1) is 26.3. The molecular weight excluding hydrogens is 376 g/mol. The molecule has 170 valence electrons. The molecule has 3 N–H and O–H groups in total. The van der Waals surface area contributed by atoms with Gasteiger partial charge >= 0.3 is 0 Å². The number of aliphatic hydroxyl groups is 2. The standard InChI is InChI=1S/C25H42N2O3/c1-2-3-4-5-6-7-8-9-10-11-12-13-15-18-24(29)23(22-28)26-25(30)21-27-19-16-14-17-20-27/h14-20,23-24,28-29H,2-13,21-22H2,1H3/p+1/b18-15+/t23-,24-/m0/s1. The molecule has 0 aliphatic heterocycles. The van der Waals surface area contributed by atoms with Crippen LogP contribution in [-0.4, -0.2) is 34.9 Å². The second kappa shape index (κ2) is 18.1. The van der Waals surface area contributed by atoms with Gasteiger partial charge in [0.1, 0.15) is 0 Å². The lowest BCUT2D eigenvalue weighted by molar-refractivity contribution is -0.684. The first-order valence-electron chi connectivity index (χ1n) is 11.9. The molecule has 30 heavy (non-hydrogen) atoms. The summed E-state index contributed by atoms with van der Waals surface area (Å²) >= 11 is 0. The van der Waals surface area contributed by atoms with Crippen LogP contribution in [0.2, 0.25) is 0 Å². The van der Waals surface area contributed by atoms with Crippen LogP contribution in [0, 0.1) is 0 Å². The van der Waals surface area contributed by atoms with Gasteiger partial charge in [0.15, 0.2) is 12.4 Å². The lowest BCUT2D eigenvalue weighted by Gasteiger charge is -2.19. The van der Waals surface area contributed by atoms with Crippen molar-refractivity contribution in [2.45, 2.75) is 103 Å². The van der Waals surface area contributed by atoms with Gasteiger partial charge in [-0.1, -0.05) is 89.4 Å². The molecule has 0 unspecified atom stereocenters. The van der Waals surface area contributed by atoms with Gasteiger partial charge in [0.05, 0.1) is 18.8 Å². The Balaban J connectivity index is 2.08. The predicted molar refractivity (Wildman–Crippen MR) is 122 cm³/mol. The molecule has 2 atom stereocenters. The summed E-state index contributed by atoms with van der Waals surface area (Å²) in [5, 5.41) is 22.4. The number of rotatable bonds is 18. The molecule has 0 radical (unpaired) electrons. The van der Waals surface area contributed by atoms with Crippen molar-refractivity contribution >= 4 is 5.91 Å². The van der Waals surface area contributed by atoms with Crippen molar-refractivity contribution in [3.8, 4) is 0 Å². The molecule has 1 aromatic heterocycles. The Morgan fingerprint density at radius 2 is 1.50 bits per heavy atom. The maximum absolute atomic E-state index is 12.1. The molecule has 1 amide bonds. The number of nitrogens with one attached hydrogen (secondary N) is 1. The Morgan fingerprint density at radius 1 is 0.933 bits per heavy atom. The molecule has 5 nitrogen and oxygen atoms in total. The number of aromatic nitrogens is 1. The second-order valence-electron chi connectivity index (χ2n) is 8.15. The maximum atomic E-state index is 12.1. The average Bonchev–Trinajstić information content (AvgIpc) is 2.75. The van der Waals surface area contributed by atoms with E-state index in [0.717, 1.165) is 12.8 Å². The van der Waals surface area contributed by atoms with E-state index >= 15 is 0 Å². The number of allylic oxidation sites excluding steroid dienone is 1. The van der Waals surface area contributed by atoms with E-state index in [4.69, 9.17) is 0 Å². The molecule has 1 heterocycles. The van der Waals surface area contributed by atoms with E-state index in [9.17, 15) is 15.0 Å². The molecule has 1 rings (SSSR count). The first-order chi connectivity index (χ1) is 14.7. The van der Waals surface area contributed by atoms with Gasteiger partial charge in [-0.3, -0.25) is 4.79 Å². The molecule has 0 fully saturated rings. The van der Waals surface area contributed by atoms with Crippen LogP contribution < -0.4 is 9.88 Å². The topological polar surface area (TPSA) is 73.4 Å². The van der Waals surface area contributed by atoms with Crippen LogP contribution in [-0.2, 0) is 11.3 Å². The van der Waals surface area contributed by atoms with E-state index < -0.39 is 12.1 Å². The van der Waals surface area contributed by atoms with E-state index in [1.807, 2.05) is 24.3 Å². The zero-order chi connectivity index (χ0) is 21.9. The van der Waals surface area contributed by atoms with E-state index in [-0.39, 0.29) is 19.1 Å². The zero-order valence-corrected chi connectivity index (χ0v) is 18.8. The molecule has 1 aromatic rings. The summed E-state index contributed by atoms with van der Waals surface area (Å²) in [6.07, 6.45) is 21.8. The number of hydrogen-bond acceptors (Lipinski definition) is 3. The number of pyridine rings is 1. The van der Waals surface area contributed by atoms with Crippen LogP contribution in [0.4, 0.5) is 0 Å². The lowest BCUT2D eigenvalue weighted by Crippen LogP contribution is -2.50. The van der Waals surface area contributed by atoms with Gasteiger partial charge in [-0.05, 0) is 12.8 Å². The van der Waals surface area contributed by atoms with E-state index in [1.165, 1.54) is 64.2 Å². The van der Waals surface area contributed by atoms with Crippen LogP contribution >= 0.6 is 0 Å². The van der Waals surface area contributed by atoms with Crippen molar-refractivity contribution in [1.29, 1.82) is 0 Å². The van der Waals surface area contributed by atoms with Crippen molar-refractivity contribution in [2.75, 3.05) is 6.61 Å². The van der Waals surface area contributed by atoms with E-state index in [2.05, 4.69) is 12.2 Å². The Bertz CT molecular complexity index is 563. The van der Waals surface area contributed by atoms with Gasteiger partial charge in [0.25, 0.3) is 5.91 Å². The SMILES string of the molecule is CCCCCCCCCCCCC/C=C/[C@H](O)[C@H](CO)NC(=O)C[n+]1ccccc1. The highest BCUT2D eigenvalue weighted by molar-refractivity contribution is 5.74. The third kappa shape index (κ3) is 13.5. The van der Waals surface area contributed by atoms with Gasteiger partial charge < -0.3 is 15.5 Å². The number of amides is 1. The number of unbranched alkanes of at least 4 members (excludes halogenated alkanes) is 11. The van der Waals surface area contributed by atoms with Crippen molar-refractivity contribution in [3.63, 3.8) is 0 Å². The minimum Gasteiger partial charge on any atom is -0.394 e. The monoisotopic (exact) mass is 419 g/mol. The predicted octanol–water partition coefficient (Wildman–Crippen LogP) is 4.07. The molecule has 5 heteroatoms. The minimum absolute atomic E-state index is 0.159. The summed E-state index contributed by atoms with van der Waals surface area (Å²) in [5.74, 6) is -0.233. The number of carbonyl (C=O) groups is 1. The first-order valence-corrected chi connectivity index (χ1v) is 11.9. The Hall–Kier alpha value is -1.72. The fourth-order valence-electron chi connectivity index (χ4n) is 3.49.